The third-order valence-electron chi connectivity index (χ3n) is 7.71. The van der Waals surface area contributed by atoms with E-state index in [0.717, 1.165) is 62.8 Å². The van der Waals surface area contributed by atoms with Gasteiger partial charge in [-0.25, -0.2) is 0 Å². The second-order valence-electron chi connectivity index (χ2n) is 10.4. The van der Waals surface area contributed by atoms with Gasteiger partial charge in [0.05, 0.1) is 11.1 Å². The Kier molecular flexibility index (Phi) is 9.19. The van der Waals surface area contributed by atoms with Crippen LogP contribution >= 0.6 is 0 Å². The Balaban J connectivity index is 1.30. The zero-order chi connectivity index (χ0) is 27.3. The summed E-state index contributed by atoms with van der Waals surface area (Å²) in [6, 6.07) is 7.89. The van der Waals surface area contributed by atoms with E-state index in [2.05, 4.69) is 9.80 Å². The van der Waals surface area contributed by atoms with E-state index >= 15 is 0 Å². The highest BCUT2D eigenvalue weighted by atomic mass is 19.4. The van der Waals surface area contributed by atoms with Crippen LogP contribution < -0.4 is 0 Å². The predicted octanol–water partition coefficient (Wildman–Crippen LogP) is 7.23. The molecule has 2 aliphatic rings. The summed E-state index contributed by atoms with van der Waals surface area (Å²) in [6.07, 6.45) is -2.25. The average molecular weight is 541 g/mol. The van der Waals surface area contributed by atoms with Crippen LogP contribution in [0, 0.1) is 0 Å². The fourth-order valence-electron chi connectivity index (χ4n) is 5.63. The zero-order valence-electron chi connectivity index (χ0n) is 21.4. The van der Waals surface area contributed by atoms with Crippen LogP contribution in [-0.2, 0) is 23.6 Å². The van der Waals surface area contributed by atoms with Crippen LogP contribution in [0.25, 0.3) is 11.1 Å². The molecule has 2 saturated heterocycles. The molecule has 0 unspecified atom stereocenters. The number of carbonyl (C=O) groups is 1. The second-order valence-corrected chi connectivity index (χ2v) is 10.4. The van der Waals surface area contributed by atoms with Crippen LogP contribution in [0.15, 0.2) is 42.5 Å². The Morgan fingerprint density at radius 1 is 0.816 bits per heavy atom. The molecule has 4 rings (SSSR count). The first-order chi connectivity index (χ1) is 18.0. The van der Waals surface area contributed by atoms with Gasteiger partial charge in [0, 0.05) is 18.9 Å². The van der Waals surface area contributed by atoms with Gasteiger partial charge < -0.3 is 9.80 Å². The zero-order valence-corrected chi connectivity index (χ0v) is 21.4. The highest BCUT2D eigenvalue weighted by molar-refractivity contribution is 5.81. The minimum atomic E-state index is -4.71. The normalized spacial score (nSPS) is 18.6. The van der Waals surface area contributed by atoms with Gasteiger partial charge in [-0.1, -0.05) is 30.7 Å². The van der Waals surface area contributed by atoms with Crippen molar-refractivity contribution in [3.8, 4) is 11.1 Å². The molecule has 9 heteroatoms. The molecule has 2 heterocycles. The molecule has 0 aliphatic carbocycles. The van der Waals surface area contributed by atoms with Crippen molar-refractivity contribution in [1.29, 1.82) is 0 Å². The average Bonchev–Trinajstić information content (AvgIpc) is 2.89. The molecule has 208 valence electrons. The van der Waals surface area contributed by atoms with Gasteiger partial charge in [0.15, 0.2) is 0 Å². The van der Waals surface area contributed by atoms with E-state index in [4.69, 9.17) is 0 Å². The van der Waals surface area contributed by atoms with E-state index in [0.29, 0.717) is 18.9 Å². The van der Waals surface area contributed by atoms with Gasteiger partial charge >= 0.3 is 12.4 Å². The SMILES string of the molecule is O=C(CCCN1CCC(N2CCCCC2)CC1)Cc1ccc(-c2ccc(C(F)(F)F)cc2)c(C(F)(F)F)c1. The van der Waals surface area contributed by atoms with Crippen molar-refractivity contribution >= 4 is 5.78 Å². The number of rotatable bonds is 8. The Morgan fingerprint density at radius 2 is 1.47 bits per heavy atom. The summed E-state index contributed by atoms with van der Waals surface area (Å²) in [5, 5.41) is 0. The summed E-state index contributed by atoms with van der Waals surface area (Å²) in [4.78, 5) is 17.5. The first-order valence-electron chi connectivity index (χ1n) is 13.4. The molecule has 0 saturated carbocycles. The Hall–Kier alpha value is -2.39. The fourth-order valence-corrected chi connectivity index (χ4v) is 5.63. The lowest BCUT2D eigenvalue weighted by molar-refractivity contribution is -0.138. The quantitative estimate of drug-likeness (QED) is 0.330. The van der Waals surface area contributed by atoms with Crippen LogP contribution in [0.2, 0.25) is 0 Å². The van der Waals surface area contributed by atoms with Crippen molar-refractivity contribution in [2.75, 3.05) is 32.7 Å². The topological polar surface area (TPSA) is 23.6 Å². The number of Topliss-reactive ketones (excluding diaryl/α,β-unsaturated/α-hetero) is 1. The number of halogens is 6. The first-order valence-corrected chi connectivity index (χ1v) is 13.4. The third kappa shape index (κ3) is 7.59. The molecule has 0 atom stereocenters. The Bertz CT molecular complexity index is 1070. The lowest BCUT2D eigenvalue weighted by Crippen LogP contribution is -2.46. The van der Waals surface area contributed by atoms with Crippen molar-refractivity contribution in [3.05, 3.63) is 59.2 Å². The summed E-state index contributed by atoms with van der Waals surface area (Å²) in [6.45, 7) is 5.21. The Labute approximate surface area is 219 Å². The van der Waals surface area contributed by atoms with E-state index < -0.39 is 23.5 Å². The smallest absolute Gasteiger partial charge is 0.303 e. The van der Waals surface area contributed by atoms with Crippen LogP contribution in [-0.4, -0.2) is 54.3 Å². The van der Waals surface area contributed by atoms with E-state index in [9.17, 15) is 31.1 Å². The highest BCUT2D eigenvalue weighted by Gasteiger charge is 2.35. The van der Waals surface area contributed by atoms with Crippen molar-refractivity contribution in [1.82, 2.24) is 9.80 Å². The number of ketones is 1. The molecule has 0 N–H and O–H groups in total. The molecule has 0 bridgehead atoms. The van der Waals surface area contributed by atoms with E-state index in [1.165, 1.54) is 44.5 Å². The van der Waals surface area contributed by atoms with Gasteiger partial charge in [0.25, 0.3) is 0 Å². The van der Waals surface area contributed by atoms with E-state index in [1.807, 2.05) is 0 Å². The summed E-state index contributed by atoms with van der Waals surface area (Å²) in [5.41, 5.74) is -1.81. The highest BCUT2D eigenvalue weighted by Crippen LogP contribution is 2.39. The molecule has 2 fully saturated rings. The Morgan fingerprint density at radius 3 is 2.08 bits per heavy atom. The number of piperidine rings is 2. The lowest BCUT2D eigenvalue weighted by atomic mass is 9.94. The molecule has 0 amide bonds. The minimum Gasteiger partial charge on any atom is -0.303 e. The van der Waals surface area contributed by atoms with Gasteiger partial charge in [-0.3, -0.25) is 4.79 Å². The maximum absolute atomic E-state index is 13.8. The lowest BCUT2D eigenvalue weighted by Gasteiger charge is -2.40. The van der Waals surface area contributed by atoms with Crippen LogP contribution in [0.3, 0.4) is 0 Å². The number of nitrogens with zero attached hydrogens (tertiary/aromatic N) is 2. The van der Waals surface area contributed by atoms with Crippen molar-refractivity contribution < 1.29 is 31.1 Å². The molecule has 2 aromatic carbocycles. The van der Waals surface area contributed by atoms with Crippen molar-refractivity contribution in [3.63, 3.8) is 0 Å². The van der Waals surface area contributed by atoms with E-state index in [1.54, 1.807) is 0 Å². The number of carbonyl (C=O) groups excluding carboxylic acids is 1. The van der Waals surface area contributed by atoms with Crippen molar-refractivity contribution in [2.45, 2.75) is 69.8 Å². The molecule has 0 aromatic heterocycles. The second kappa shape index (κ2) is 12.2. The summed E-state index contributed by atoms with van der Waals surface area (Å²) in [5.74, 6) is -0.122. The molecule has 38 heavy (non-hydrogen) atoms. The minimum absolute atomic E-state index is 0.0345. The molecule has 2 aliphatic heterocycles. The van der Waals surface area contributed by atoms with E-state index in [-0.39, 0.29) is 28.9 Å². The van der Waals surface area contributed by atoms with Gasteiger partial charge in [-0.2, -0.15) is 26.3 Å². The first kappa shape index (κ1) is 28.6. The molecule has 3 nitrogen and oxygen atoms in total. The summed E-state index contributed by atoms with van der Waals surface area (Å²) < 4.78 is 79.9. The molecule has 2 aromatic rings. The molecule has 0 spiro atoms. The summed E-state index contributed by atoms with van der Waals surface area (Å²) >= 11 is 0. The fraction of sp³-hybridized carbons (Fsp3) is 0.552. The summed E-state index contributed by atoms with van der Waals surface area (Å²) in [7, 11) is 0. The van der Waals surface area contributed by atoms with Gasteiger partial charge in [-0.15, -0.1) is 0 Å². The standard InChI is InChI=1S/C29H34F6N2O/c30-28(31,32)23-9-7-22(8-10-23)26-11-6-21(20-27(26)29(33,34)35)19-25(38)5-4-14-36-17-12-24(13-18-36)37-15-2-1-3-16-37/h6-11,20,24H,1-5,12-19H2. The molecule has 0 radical (unpaired) electrons. The van der Waals surface area contributed by atoms with Crippen LogP contribution in [0.5, 0.6) is 0 Å². The van der Waals surface area contributed by atoms with Crippen LogP contribution in [0.4, 0.5) is 26.3 Å². The number of likely N-dealkylation sites (tertiary alicyclic amines) is 2. The molecular formula is C29H34F6N2O. The van der Waals surface area contributed by atoms with Gasteiger partial charge in [0.1, 0.15) is 5.78 Å². The van der Waals surface area contributed by atoms with Crippen LogP contribution in [0.1, 0.15) is 61.6 Å². The number of benzene rings is 2. The van der Waals surface area contributed by atoms with Gasteiger partial charge in [-0.05, 0) is 99.7 Å². The largest absolute Gasteiger partial charge is 0.417 e. The molecular weight excluding hydrogens is 506 g/mol. The van der Waals surface area contributed by atoms with Crippen molar-refractivity contribution in [2.24, 2.45) is 0 Å². The predicted molar refractivity (Wildman–Crippen MR) is 135 cm³/mol. The number of hydrogen-bond donors (Lipinski definition) is 0. The maximum Gasteiger partial charge on any atom is 0.417 e. The number of hydrogen-bond acceptors (Lipinski definition) is 3. The number of alkyl halides is 6. The third-order valence-corrected chi connectivity index (χ3v) is 7.71. The maximum atomic E-state index is 13.8. The van der Waals surface area contributed by atoms with Gasteiger partial charge in [0.2, 0.25) is 0 Å². The monoisotopic (exact) mass is 540 g/mol.